The summed E-state index contributed by atoms with van der Waals surface area (Å²) in [6.45, 7) is 2.80. The fourth-order valence-electron chi connectivity index (χ4n) is 1.14. The van der Waals surface area contributed by atoms with Crippen LogP contribution in [0.15, 0.2) is 24.3 Å². The van der Waals surface area contributed by atoms with Gasteiger partial charge in [-0.2, -0.15) is 0 Å². The van der Waals surface area contributed by atoms with E-state index in [1.807, 2.05) is 19.1 Å². The Morgan fingerprint density at radius 1 is 1.50 bits per heavy atom. The van der Waals surface area contributed by atoms with Crippen LogP contribution in [0.4, 0.5) is 0 Å². The van der Waals surface area contributed by atoms with Crippen LogP contribution in [-0.4, -0.2) is 18.9 Å². The molecule has 0 aliphatic heterocycles. The lowest BCUT2D eigenvalue weighted by Crippen LogP contribution is -2.10. The van der Waals surface area contributed by atoms with Crippen LogP contribution in [0.3, 0.4) is 0 Å². The van der Waals surface area contributed by atoms with Crippen LogP contribution in [0.25, 0.3) is 0 Å². The number of carbonyl (C=O) groups is 1. The number of hydrogen-bond acceptors (Lipinski definition) is 3. The van der Waals surface area contributed by atoms with Crippen molar-refractivity contribution in [1.29, 1.82) is 0 Å². The van der Waals surface area contributed by atoms with Crippen molar-refractivity contribution in [3.63, 3.8) is 0 Å². The maximum Gasteiger partial charge on any atom is 0.162 e. The van der Waals surface area contributed by atoms with E-state index in [9.17, 15) is 4.79 Å². The third-order valence-corrected chi connectivity index (χ3v) is 1.86. The third-order valence-electron chi connectivity index (χ3n) is 1.86. The van der Waals surface area contributed by atoms with Crippen LogP contribution in [0.1, 0.15) is 23.7 Å². The monoisotopic (exact) mass is 193 g/mol. The van der Waals surface area contributed by atoms with Crippen LogP contribution >= 0.6 is 0 Å². The van der Waals surface area contributed by atoms with Crippen LogP contribution < -0.4 is 10.5 Å². The number of Topliss-reactive ketones (excluding diaryl/α,β-unsaturated/α-hetero) is 1. The smallest absolute Gasteiger partial charge is 0.162 e. The minimum Gasteiger partial charge on any atom is -0.492 e. The highest BCUT2D eigenvalue weighted by Gasteiger charge is 2.03. The van der Waals surface area contributed by atoms with E-state index in [4.69, 9.17) is 10.5 Å². The summed E-state index contributed by atoms with van der Waals surface area (Å²) >= 11 is 0. The summed E-state index contributed by atoms with van der Waals surface area (Å²) < 4.78 is 5.31. The summed E-state index contributed by atoms with van der Waals surface area (Å²) in [7, 11) is 0. The van der Waals surface area contributed by atoms with Crippen LogP contribution in [0.2, 0.25) is 0 Å². The highest BCUT2D eigenvalue weighted by atomic mass is 16.5. The van der Waals surface area contributed by atoms with Gasteiger partial charge in [0.05, 0.1) is 0 Å². The van der Waals surface area contributed by atoms with E-state index in [2.05, 4.69) is 0 Å². The molecule has 14 heavy (non-hydrogen) atoms. The van der Waals surface area contributed by atoms with E-state index in [0.29, 0.717) is 30.9 Å². The van der Waals surface area contributed by atoms with Crippen LogP contribution in [-0.2, 0) is 0 Å². The van der Waals surface area contributed by atoms with E-state index in [0.717, 1.165) is 0 Å². The molecule has 2 N–H and O–H groups in total. The Balaban J connectivity index is 2.73. The Kier molecular flexibility index (Phi) is 4.13. The lowest BCUT2D eigenvalue weighted by Gasteiger charge is -2.05. The van der Waals surface area contributed by atoms with E-state index >= 15 is 0 Å². The summed E-state index contributed by atoms with van der Waals surface area (Å²) in [5.74, 6) is 0.831. The van der Waals surface area contributed by atoms with Crippen molar-refractivity contribution in [2.75, 3.05) is 13.2 Å². The lowest BCUT2D eigenvalue weighted by atomic mass is 10.1. The second kappa shape index (κ2) is 5.40. The molecule has 0 amide bonds. The Labute approximate surface area is 83.9 Å². The molecule has 0 heterocycles. The van der Waals surface area contributed by atoms with Crippen molar-refractivity contribution in [2.24, 2.45) is 5.73 Å². The molecule has 0 unspecified atom stereocenters. The average molecular weight is 193 g/mol. The molecule has 0 saturated heterocycles. The van der Waals surface area contributed by atoms with Gasteiger partial charge in [0, 0.05) is 18.5 Å². The van der Waals surface area contributed by atoms with Crippen LogP contribution in [0, 0.1) is 0 Å². The quantitative estimate of drug-likeness (QED) is 0.723. The first-order chi connectivity index (χ1) is 6.77. The highest BCUT2D eigenvalue weighted by Crippen LogP contribution is 2.14. The first-order valence-electron chi connectivity index (χ1n) is 4.74. The SMILES string of the molecule is CCC(=O)c1cccc(OCCN)c1. The molecular weight excluding hydrogens is 178 g/mol. The normalized spacial score (nSPS) is 9.86. The van der Waals surface area contributed by atoms with Gasteiger partial charge in [0.1, 0.15) is 12.4 Å². The maximum atomic E-state index is 11.4. The molecule has 0 bridgehead atoms. The Bertz CT molecular complexity index is 310. The summed E-state index contributed by atoms with van der Waals surface area (Å²) in [5, 5.41) is 0. The number of benzene rings is 1. The minimum absolute atomic E-state index is 0.128. The van der Waals surface area contributed by atoms with Gasteiger partial charge in [-0.3, -0.25) is 4.79 Å². The van der Waals surface area contributed by atoms with Crippen molar-refractivity contribution < 1.29 is 9.53 Å². The van der Waals surface area contributed by atoms with Gasteiger partial charge in [-0.15, -0.1) is 0 Å². The average Bonchev–Trinajstić information content (AvgIpc) is 2.25. The van der Waals surface area contributed by atoms with Gasteiger partial charge in [0.25, 0.3) is 0 Å². The zero-order valence-corrected chi connectivity index (χ0v) is 8.32. The number of ether oxygens (including phenoxy) is 1. The van der Waals surface area contributed by atoms with E-state index in [-0.39, 0.29) is 5.78 Å². The van der Waals surface area contributed by atoms with Gasteiger partial charge in [0.15, 0.2) is 5.78 Å². The molecule has 0 aliphatic carbocycles. The first-order valence-corrected chi connectivity index (χ1v) is 4.74. The fourth-order valence-corrected chi connectivity index (χ4v) is 1.14. The van der Waals surface area contributed by atoms with E-state index in [1.54, 1.807) is 12.1 Å². The molecule has 3 heteroatoms. The van der Waals surface area contributed by atoms with E-state index in [1.165, 1.54) is 0 Å². The molecular formula is C11H15NO2. The molecule has 0 aliphatic rings. The number of nitrogens with two attached hydrogens (primary N) is 1. The van der Waals surface area contributed by atoms with Crippen molar-refractivity contribution in [1.82, 2.24) is 0 Å². The summed E-state index contributed by atoms with van der Waals surface area (Å²) in [6.07, 6.45) is 0.514. The Morgan fingerprint density at radius 3 is 2.93 bits per heavy atom. The molecule has 0 spiro atoms. The molecule has 0 fully saturated rings. The molecule has 0 aromatic heterocycles. The van der Waals surface area contributed by atoms with Crippen molar-refractivity contribution >= 4 is 5.78 Å². The second-order valence-corrected chi connectivity index (χ2v) is 2.94. The molecule has 76 valence electrons. The van der Waals surface area contributed by atoms with Crippen molar-refractivity contribution in [3.05, 3.63) is 29.8 Å². The van der Waals surface area contributed by atoms with Gasteiger partial charge >= 0.3 is 0 Å². The summed E-state index contributed by atoms with van der Waals surface area (Å²) in [6, 6.07) is 7.18. The molecule has 0 atom stereocenters. The van der Waals surface area contributed by atoms with Crippen molar-refractivity contribution in [2.45, 2.75) is 13.3 Å². The highest BCUT2D eigenvalue weighted by molar-refractivity contribution is 5.96. The topological polar surface area (TPSA) is 52.3 Å². The van der Waals surface area contributed by atoms with Gasteiger partial charge < -0.3 is 10.5 Å². The molecule has 0 saturated carbocycles. The molecule has 1 aromatic carbocycles. The predicted molar refractivity (Wildman–Crippen MR) is 55.6 cm³/mol. The summed E-state index contributed by atoms with van der Waals surface area (Å²) in [5.41, 5.74) is 6.00. The number of rotatable bonds is 5. The minimum atomic E-state index is 0.128. The molecule has 1 rings (SSSR count). The predicted octanol–water partition coefficient (Wildman–Crippen LogP) is 1.62. The van der Waals surface area contributed by atoms with Crippen LogP contribution in [0.5, 0.6) is 5.75 Å². The molecule has 0 radical (unpaired) electrons. The van der Waals surface area contributed by atoms with Gasteiger partial charge in [0.2, 0.25) is 0 Å². The Morgan fingerprint density at radius 2 is 2.29 bits per heavy atom. The van der Waals surface area contributed by atoms with E-state index < -0.39 is 0 Å². The zero-order chi connectivity index (χ0) is 10.4. The lowest BCUT2D eigenvalue weighted by molar-refractivity contribution is 0.0987. The first kappa shape index (κ1) is 10.7. The Hall–Kier alpha value is -1.35. The number of hydrogen-bond donors (Lipinski definition) is 1. The molecule has 3 nitrogen and oxygen atoms in total. The molecule has 1 aromatic rings. The maximum absolute atomic E-state index is 11.4. The zero-order valence-electron chi connectivity index (χ0n) is 8.32. The van der Waals surface area contributed by atoms with Crippen molar-refractivity contribution in [3.8, 4) is 5.75 Å². The standard InChI is InChI=1S/C11H15NO2/c1-2-11(13)9-4-3-5-10(8-9)14-7-6-12/h3-5,8H,2,6-7,12H2,1H3. The summed E-state index contributed by atoms with van der Waals surface area (Å²) in [4.78, 5) is 11.4. The largest absolute Gasteiger partial charge is 0.492 e. The van der Waals surface area contributed by atoms with Gasteiger partial charge in [-0.25, -0.2) is 0 Å². The van der Waals surface area contributed by atoms with Gasteiger partial charge in [-0.1, -0.05) is 19.1 Å². The number of carbonyl (C=O) groups excluding carboxylic acids is 1. The van der Waals surface area contributed by atoms with Gasteiger partial charge in [-0.05, 0) is 12.1 Å². The third kappa shape index (κ3) is 2.85. The fraction of sp³-hybridized carbons (Fsp3) is 0.364. The second-order valence-electron chi connectivity index (χ2n) is 2.94. The number of ketones is 1.